The molecule has 0 aliphatic heterocycles. The van der Waals surface area contributed by atoms with E-state index in [0.29, 0.717) is 29.2 Å². The number of benzene rings is 2. The van der Waals surface area contributed by atoms with Crippen molar-refractivity contribution in [2.45, 2.75) is 31.3 Å². The van der Waals surface area contributed by atoms with Gasteiger partial charge in [-0.2, -0.15) is 0 Å². The van der Waals surface area contributed by atoms with E-state index in [1.807, 2.05) is 36.4 Å². The minimum absolute atomic E-state index is 0.322. The second-order valence-electron chi connectivity index (χ2n) is 7.36. The number of aliphatic carboxylic acids is 1. The number of hydrogen-bond donors (Lipinski definition) is 3. The molecular formula is C22H26ClNO4. The van der Waals surface area contributed by atoms with Gasteiger partial charge in [0.1, 0.15) is 5.75 Å². The van der Waals surface area contributed by atoms with E-state index < -0.39 is 12.1 Å². The average molecular weight is 404 g/mol. The van der Waals surface area contributed by atoms with E-state index in [1.54, 1.807) is 12.1 Å². The van der Waals surface area contributed by atoms with Gasteiger partial charge in [0.2, 0.25) is 0 Å². The topological polar surface area (TPSA) is 78.8 Å². The highest BCUT2D eigenvalue weighted by Crippen LogP contribution is 2.38. The van der Waals surface area contributed by atoms with E-state index in [0.717, 1.165) is 31.4 Å². The normalized spacial score (nSPS) is 20.1. The zero-order valence-corrected chi connectivity index (χ0v) is 16.4. The maximum absolute atomic E-state index is 10.6. The van der Waals surface area contributed by atoms with Crippen molar-refractivity contribution in [3.63, 3.8) is 0 Å². The molecule has 28 heavy (non-hydrogen) atoms. The fraction of sp³-hybridized carbons (Fsp3) is 0.409. The number of carbonyl (C=O) groups is 1. The number of ether oxygens (including phenoxy) is 1. The summed E-state index contributed by atoms with van der Waals surface area (Å²) in [5.74, 6) is 0.700. The number of aliphatic hydroxyl groups excluding tert-OH is 1. The number of carboxylic acids is 1. The van der Waals surface area contributed by atoms with Crippen LogP contribution in [0.5, 0.6) is 5.75 Å². The summed E-state index contributed by atoms with van der Waals surface area (Å²) in [6.07, 6.45) is 2.84. The molecule has 3 N–H and O–H groups in total. The van der Waals surface area contributed by atoms with Gasteiger partial charge in [-0.25, -0.2) is 4.79 Å². The molecule has 0 spiro atoms. The number of hydrogen-bond acceptors (Lipinski definition) is 4. The Balaban J connectivity index is 1.42. The molecule has 0 heterocycles. The Morgan fingerprint density at radius 3 is 2.71 bits per heavy atom. The van der Waals surface area contributed by atoms with Crippen LogP contribution in [0.3, 0.4) is 0 Å². The van der Waals surface area contributed by atoms with Crippen molar-refractivity contribution in [3.05, 3.63) is 64.7 Å². The predicted octanol–water partition coefficient (Wildman–Crippen LogP) is 4.01. The van der Waals surface area contributed by atoms with Crippen LogP contribution in [-0.4, -0.2) is 35.9 Å². The molecule has 5 nitrogen and oxygen atoms in total. The van der Waals surface area contributed by atoms with Crippen LogP contribution in [0.2, 0.25) is 5.02 Å². The molecule has 1 fully saturated rings. The van der Waals surface area contributed by atoms with Crippen molar-refractivity contribution in [2.24, 2.45) is 5.92 Å². The van der Waals surface area contributed by atoms with Crippen LogP contribution in [0.15, 0.2) is 48.5 Å². The van der Waals surface area contributed by atoms with Gasteiger partial charge in [-0.1, -0.05) is 35.9 Å². The van der Waals surface area contributed by atoms with Crippen molar-refractivity contribution >= 4 is 17.6 Å². The zero-order chi connectivity index (χ0) is 19.9. The summed E-state index contributed by atoms with van der Waals surface area (Å²) < 4.78 is 5.18. The summed E-state index contributed by atoms with van der Waals surface area (Å²) in [6, 6.07) is 15.1. The quantitative estimate of drug-likeness (QED) is 0.589. The second-order valence-corrected chi connectivity index (χ2v) is 7.79. The van der Waals surface area contributed by atoms with Crippen LogP contribution in [0.1, 0.15) is 42.4 Å². The molecule has 0 amide bonds. The third-order valence-electron chi connectivity index (χ3n) is 5.26. The van der Waals surface area contributed by atoms with Crippen molar-refractivity contribution in [1.82, 2.24) is 5.32 Å². The number of rotatable bonds is 9. The predicted molar refractivity (Wildman–Crippen MR) is 109 cm³/mol. The van der Waals surface area contributed by atoms with Gasteiger partial charge in [0.15, 0.2) is 6.61 Å². The highest BCUT2D eigenvalue weighted by Gasteiger charge is 2.25. The largest absolute Gasteiger partial charge is 0.482 e. The summed E-state index contributed by atoms with van der Waals surface area (Å²) >= 11 is 5.98. The maximum Gasteiger partial charge on any atom is 0.341 e. The first kappa shape index (κ1) is 20.6. The molecule has 3 rings (SSSR count). The molecule has 0 bridgehead atoms. The number of carboxylic acid groups (broad SMARTS) is 1. The SMILES string of the molecule is O=C(O)COc1ccc(C2CCC(CNCC(O)c3cccc(Cl)c3)C2)cc1. The molecule has 150 valence electrons. The molecule has 3 unspecified atom stereocenters. The lowest BCUT2D eigenvalue weighted by Crippen LogP contribution is -2.26. The van der Waals surface area contributed by atoms with Gasteiger partial charge in [0, 0.05) is 11.6 Å². The van der Waals surface area contributed by atoms with E-state index in [-0.39, 0.29) is 6.61 Å². The number of halogens is 1. The smallest absolute Gasteiger partial charge is 0.341 e. The molecule has 1 aliphatic rings. The third kappa shape index (κ3) is 5.96. The molecule has 2 aromatic rings. The Morgan fingerprint density at radius 1 is 1.21 bits per heavy atom. The molecule has 0 aromatic heterocycles. The molecule has 3 atom stereocenters. The summed E-state index contributed by atoms with van der Waals surface area (Å²) in [5, 5.41) is 23.0. The van der Waals surface area contributed by atoms with Crippen molar-refractivity contribution in [2.75, 3.05) is 19.7 Å². The fourth-order valence-electron chi connectivity index (χ4n) is 3.80. The van der Waals surface area contributed by atoms with Gasteiger partial charge in [-0.3, -0.25) is 0 Å². The summed E-state index contributed by atoms with van der Waals surface area (Å²) in [6.45, 7) is 1.07. The Bertz CT molecular complexity index is 780. The van der Waals surface area contributed by atoms with Crippen molar-refractivity contribution in [1.29, 1.82) is 0 Å². The van der Waals surface area contributed by atoms with E-state index in [1.165, 1.54) is 5.56 Å². The average Bonchev–Trinajstić information content (AvgIpc) is 3.15. The molecule has 0 radical (unpaired) electrons. The van der Waals surface area contributed by atoms with Gasteiger partial charge in [0.05, 0.1) is 6.10 Å². The lowest BCUT2D eigenvalue weighted by molar-refractivity contribution is -0.139. The van der Waals surface area contributed by atoms with E-state index in [9.17, 15) is 9.90 Å². The standard InChI is InChI=1S/C22H26ClNO4/c23-19-3-1-2-18(11-19)21(25)13-24-12-15-4-5-17(10-15)16-6-8-20(9-7-16)28-14-22(26)27/h1-3,6-9,11,15,17,21,24-25H,4-5,10,12-14H2,(H,26,27). The van der Waals surface area contributed by atoms with Crippen LogP contribution in [0, 0.1) is 5.92 Å². The van der Waals surface area contributed by atoms with Crippen molar-refractivity contribution < 1.29 is 19.7 Å². The Morgan fingerprint density at radius 2 is 2.00 bits per heavy atom. The first-order chi connectivity index (χ1) is 13.5. The third-order valence-corrected chi connectivity index (χ3v) is 5.49. The maximum atomic E-state index is 10.6. The van der Waals surface area contributed by atoms with Crippen LogP contribution in [-0.2, 0) is 4.79 Å². The minimum atomic E-state index is -0.976. The minimum Gasteiger partial charge on any atom is -0.482 e. The number of nitrogens with one attached hydrogen (secondary N) is 1. The van der Waals surface area contributed by atoms with Crippen LogP contribution in [0.4, 0.5) is 0 Å². The van der Waals surface area contributed by atoms with Crippen molar-refractivity contribution in [3.8, 4) is 5.75 Å². The first-order valence-electron chi connectivity index (χ1n) is 9.60. The molecule has 2 aromatic carbocycles. The van der Waals surface area contributed by atoms with Gasteiger partial charge in [-0.05, 0) is 73.0 Å². The van der Waals surface area contributed by atoms with Gasteiger partial charge in [0.25, 0.3) is 0 Å². The summed E-state index contributed by atoms with van der Waals surface area (Å²) in [4.78, 5) is 10.6. The summed E-state index contributed by atoms with van der Waals surface area (Å²) in [5.41, 5.74) is 2.10. The van der Waals surface area contributed by atoms with Crippen LogP contribution in [0.25, 0.3) is 0 Å². The molecular weight excluding hydrogens is 378 g/mol. The summed E-state index contributed by atoms with van der Waals surface area (Å²) in [7, 11) is 0. The van der Waals surface area contributed by atoms with Crippen LogP contribution >= 0.6 is 11.6 Å². The second kappa shape index (κ2) is 9.92. The Labute approximate surface area is 170 Å². The first-order valence-corrected chi connectivity index (χ1v) is 9.98. The van der Waals surface area contributed by atoms with Gasteiger partial charge < -0.3 is 20.3 Å². The zero-order valence-electron chi connectivity index (χ0n) is 15.7. The highest BCUT2D eigenvalue weighted by molar-refractivity contribution is 6.30. The van der Waals surface area contributed by atoms with E-state index in [4.69, 9.17) is 21.4 Å². The number of aliphatic hydroxyl groups is 1. The Kier molecular flexibility index (Phi) is 7.31. The Hall–Kier alpha value is -2.08. The lowest BCUT2D eigenvalue weighted by Gasteiger charge is -2.16. The molecule has 1 aliphatic carbocycles. The van der Waals surface area contributed by atoms with Gasteiger partial charge in [-0.15, -0.1) is 0 Å². The van der Waals surface area contributed by atoms with E-state index >= 15 is 0 Å². The fourth-order valence-corrected chi connectivity index (χ4v) is 4.00. The van der Waals surface area contributed by atoms with Gasteiger partial charge >= 0.3 is 5.97 Å². The highest BCUT2D eigenvalue weighted by atomic mass is 35.5. The van der Waals surface area contributed by atoms with Crippen LogP contribution < -0.4 is 10.1 Å². The monoisotopic (exact) mass is 403 g/mol. The lowest BCUT2D eigenvalue weighted by atomic mass is 9.96. The molecule has 6 heteroatoms. The molecule has 0 saturated heterocycles. The van der Waals surface area contributed by atoms with E-state index in [2.05, 4.69) is 5.32 Å². The molecule has 1 saturated carbocycles.